The fraction of sp³-hybridized carbons (Fsp3) is 0.455. The number of ether oxygens (including phenoxy) is 1. The highest BCUT2D eigenvalue weighted by molar-refractivity contribution is 5.47. The van der Waals surface area contributed by atoms with Gasteiger partial charge >= 0.3 is 0 Å². The van der Waals surface area contributed by atoms with Gasteiger partial charge in [0.15, 0.2) is 0 Å². The van der Waals surface area contributed by atoms with E-state index in [0.717, 1.165) is 18.7 Å². The van der Waals surface area contributed by atoms with Gasteiger partial charge in [-0.15, -0.1) is 0 Å². The third-order valence-electron chi connectivity index (χ3n) is 2.61. The molecule has 2 N–H and O–H groups in total. The summed E-state index contributed by atoms with van der Waals surface area (Å²) in [6, 6.07) is 6.07. The first-order valence-corrected chi connectivity index (χ1v) is 4.62. The fourth-order valence-electron chi connectivity index (χ4n) is 1.90. The van der Waals surface area contributed by atoms with Gasteiger partial charge in [0, 0.05) is 5.69 Å². The summed E-state index contributed by atoms with van der Waals surface area (Å²) in [5.74, 6) is 0. The highest BCUT2D eigenvalue weighted by Crippen LogP contribution is 2.33. The lowest BCUT2D eigenvalue weighted by atomic mass is 9.89. The summed E-state index contributed by atoms with van der Waals surface area (Å²) in [4.78, 5) is 0. The van der Waals surface area contributed by atoms with Crippen molar-refractivity contribution in [2.45, 2.75) is 25.9 Å². The van der Waals surface area contributed by atoms with E-state index in [4.69, 9.17) is 10.5 Å². The summed E-state index contributed by atoms with van der Waals surface area (Å²) in [7, 11) is 0. The molecule has 2 rings (SSSR count). The van der Waals surface area contributed by atoms with Crippen LogP contribution < -0.4 is 5.73 Å². The molecule has 13 heavy (non-hydrogen) atoms. The summed E-state index contributed by atoms with van der Waals surface area (Å²) >= 11 is 0. The number of fused-ring (bicyclic) bond motifs is 1. The molecule has 2 heteroatoms. The van der Waals surface area contributed by atoms with Gasteiger partial charge in [-0.2, -0.15) is 0 Å². The van der Waals surface area contributed by atoms with Crippen LogP contribution in [0.15, 0.2) is 18.2 Å². The van der Waals surface area contributed by atoms with E-state index < -0.39 is 0 Å². The Bertz CT molecular complexity index is 331. The predicted molar refractivity (Wildman–Crippen MR) is 53.5 cm³/mol. The van der Waals surface area contributed by atoms with Gasteiger partial charge < -0.3 is 10.5 Å². The summed E-state index contributed by atoms with van der Waals surface area (Å²) in [5, 5.41) is 0. The maximum absolute atomic E-state index is 5.73. The van der Waals surface area contributed by atoms with E-state index >= 15 is 0 Å². The smallest absolute Gasteiger partial charge is 0.0878 e. The van der Waals surface area contributed by atoms with Crippen molar-refractivity contribution in [3.63, 3.8) is 0 Å². The Kier molecular flexibility index (Phi) is 1.81. The van der Waals surface area contributed by atoms with Crippen LogP contribution >= 0.6 is 0 Å². The van der Waals surface area contributed by atoms with Crippen molar-refractivity contribution < 1.29 is 4.74 Å². The van der Waals surface area contributed by atoms with Gasteiger partial charge in [-0.1, -0.05) is 6.07 Å². The molecule has 0 saturated carbocycles. The Morgan fingerprint density at radius 2 is 2.15 bits per heavy atom. The highest BCUT2D eigenvalue weighted by Gasteiger charge is 2.27. The van der Waals surface area contributed by atoms with Crippen molar-refractivity contribution in [1.29, 1.82) is 0 Å². The first-order chi connectivity index (χ1) is 6.09. The second kappa shape index (κ2) is 2.74. The largest absolute Gasteiger partial charge is 0.399 e. The maximum atomic E-state index is 5.73. The van der Waals surface area contributed by atoms with Crippen molar-refractivity contribution in [3.05, 3.63) is 29.3 Å². The first kappa shape index (κ1) is 8.57. The molecule has 0 fully saturated rings. The first-order valence-electron chi connectivity index (χ1n) is 4.62. The zero-order chi connectivity index (χ0) is 9.47. The minimum absolute atomic E-state index is 0.152. The number of benzene rings is 1. The molecule has 0 spiro atoms. The number of hydrogen-bond donors (Lipinski definition) is 1. The molecular formula is C11H15NO. The number of nitrogen functional groups attached to an aromatic ring is 1. The molecule has 1 aliphatic heterocycles. The number of hydrogen-bond acceptors (Lipinski definition) is 2. The molecule has 1 aromatic rings. The molecule has 0 saturated heterocycles. The average Bonchev–Trinajstić information content (AvgIpc) is 2.02. The van der Waals surface area contributed by atoms with Crippen LogP contribution in [-0.2, 0) is 16.8 Å². The van der Waals surface area contributed by atoms with Gasteiger partial charge in [0.2, 0.25) is 0 Å². The molecule has 0 radical (unpaired) electrons. The van der Waals surface area contributed by atoms with Gasteiger partial charge in [0.1, 0.15) is 0 Å². The van der Waals surface area contributed by atoms with Gasteiger partial charge in [0.05, 0.1) is 12.2 Å². The number of anilines is 1. The Hall–Kier alpha value is -1.02. The second-order valence-corrected chi connectivity index (χ2v) is 4.03. The summed E-state index contributed by atoms with van der Waals surface area (Å²) < 4.78 is 5.69. The second-order valence-electron chi connectivity index (χ2n) is 4.03. The van der Waals surface area contributed by atoms with Crippen molar-refractivity contribution in [2.24, 2.45) is 0 Å². The molecule has 70 valence electrons. The predicted octanol–water partition coefficient (Wildman–Crippen LogP) is 2.08. The van der Waals surface area contributed by atoms with Crippen LogP contribution in [-0.4, -0.2) is 6.61 Å². The third-order valence-corrected chi connectivity index (χ3v) is 2.61. The quantitative estimate of drug-likeness (QED) is 0.616. The zero-order valence-corrected chi connectivity index (χ0v) is 8.13. The molecule has 0 unspecified atom stereocenters. The van der Waals surface area contributed by atoms with Crippen LogP contribution in [0.2, 0.25) is 0 Å². The highest BCUT2D eigenvalue weighted by atomic mass is 16.5. The standard InChI is InChI=1S/C11H15NO/c1-11(2)10-4-3-9(12)7-8(10)5-6-13-11/h3-4,7H,5-6,12H2,1-2H3. The van der Waals surface area contributed by atoms with Crippen LogP contribution in [0.3, 0.4) is 0 Å². The number of rotatable bonds is 0. The van der Waals surface area contributed by atoms with Gasteiger partial charge in [-0.3, -0.25) is 0 Å². The molecule has 1 aliphatic rings. The molecule has 1 aromatic carbocycles. The molecule has 2 nitrogen and oxygen atoms in total. The fourth-order valence-corrected chi connectivity index (χ4v) is 1.90. The average molecular weight is 177 g/mol. The summed E-state index contributed by atoms with van der Waals surface area (Å²) in [6.45, 7) is 4.99. The summed E-state index contributed by atoms with van der Waals surface area (Å²) in [6.07, 6.45) is 0.976. The monoisotopic (exact) mass is 177 g/mol. The van der Waals surface area contributed by atoms with Crippen molar-refractivity contribution in [2.75, 3.05) is 12.3 Å². The van der Waals surface area contributed by atoms with E-state index in [0.29, 0.717) is 0 Å². The molecule has 0 bridgehead atoms. The minimum atomic E-state index is -0.152. The van der Waals surface area contributed by atoms with E-state index in [1.165, 1.54) is 11.1 Å². The lowest BCUT2D eigenvalue weighted by molar-refractivity contribution is -0.0314. The maximum Gasteiger partial charge on any atom is 0.0878 e. The Balaban J connectivity index is 2.53. The molecule has 0 aliphatic carbocycles. The Morgan fingerprint density at radius 3 is 2.92 bits per heavy atom. The van der Waals surface area contributed by atoms with E-state index in [-0.39, 0.29) is 5.60 Å². The molecule has 0 amide bonds. The van der Waals surface area contributed by atoms with E-state index in [1.807, 2.05) is 6.07 Å². The lowest BCUT2D eigenvalue weighted by Gasteiger charge is -2.32. The lowest BCUT2D eigenvalue weighted by Crippen LogP contribution is -2.29. The van der Waals surface area contributed by atoms with Crippen LogP contribution in [0.1, 0.15) is 25.0 Å². The van der Waals surface area contributed by atoms with Crippen molar-refractivity contribution in [3.8, 4) is 0 Å². The normalized spacial score (nSPS) is 19.5. The van der Waals surface area contributed by atoms with E-state index in [2.05, 4.69) is 26.0 Å². The SMILES string of the molecule is CC1(C)OCCc2cc(N)ccc21. The molecular weight excluding hydrogens is 162 g/mol. The van der Waals surface area contributed by atoms with Crippen molar-refractivity contribution >= 4 is 5.69 Å². The van der Waals surface area contributed by atoms with Crippen LogP contribution in [0.4, 0.5) is 5.69 Å². The van der Waals surface area contributed by atoms with Gasteiger partial charge in [0.25, 0.3) is 0 Å². The number of nitrogens with two attached hydrogens (primary N) is 1. The van der Waals surface area contributed by atoms with E-state index in [1.54, 1.807) is 0 Å². The Labute approximate surface area is 78.7 Å². The molecule has 0 atom stereocenters. The van der Waals surface area contributed by atoms with Crippen LogP contribution in [0, 0.1) is 0 Å². The van der Waals surface area contributed by atoms with Gasteiger partial charge in [-0.05, 0) is 43.5 Å². The molecule has 1 heterocycles. The summed E-state index contributed by atoms with van der Waals surface area (Å²) in [5.41, 5.74) is 9.02. The van der Waals surface area contributed by atoms with Crippen LogP contribution in [0.5, 0.6) is 0 Å². The molecule has 0 aromatic heterocycles. The van der Waals surface area contributed by atoms with E-state index in [9.17, 15) is 0 Å². The van der Waals surface area contributed by atoms with Crippen LogP contribution in [0.25, 0.3) is 0 Å². The zero-order valence-electron chi connectivity index (χ0n) is 8.13. The third kappa shape index (κ3) is 1.42. The van der Waals surface area contributed by atoms with Crippen molar-refractivity contribution in [1.82, 2.24) is 0 Å². The van der Waals surface area contributed by atoms with Gasteiger partial charge in [-0.25, -0.2) is 0 Å². The minimum Gasteiger partial charge on any atom is -0.399 e. The Morgan fingerprint density at radius 1 is 1.38 bits per heavy atom. The topological polar surface area (TPSA) is 35.2 Å².